The Kier molecular flexibility index (Phi) is 2.85. The second kappa shape index (κ2) is 4.18. The van der Waals surface area contributed by atoms with Crippen molar-refractivity contribution in [1.82, 2.24) is 5.16 Å². The standard InChI is InChI=1S/C11H11ClN2O3/c1-5-9(15)6(3-8(12)10(5)16-2)7-4-14-17-11(7)13/h3-4,15H,13H2,1-2H3. The summed E-state index contributed by atoms with van der Waals surface area (Å²) in [6, 6.07) is 1.56. The first-order valence-electron chi connectivity index (χ1n) is 4.82. The molecule has 0 aliphatic carbocycles. The Bertz CT molecular complexity index is 566. The molecule has 0 fully saturated rings. The largest absolute Gasteiger partial charge is 0.507 e. The van der Waals surface area contributed by atoms with Crippen molar-refractivity contribution in [3.8, 4) is 22.6 Å². The van der Waals surface area contributed by atoms with E-state index in [2.05, 4.69) is 5.16 Å². The Hall–Kier alpha value is -1.88. The molecule has 2 aromatic rings. The predicted octanol–water partition coefficient (Wildman–Crippen LogP) is 2.60. The van der Waals surface area contributed by atoms with Gasteiger partial charge in [0.15, 0.2) is 0 Å². The lowest BCUT2D eigenvalue weighted by Crippen LogP contribution is -1.92. The average molecular weight is 255 g/mol. The van der Waals surface area contributed by atoms with E-state index in [1.165, 1.54) is 13.3 Å². The van der Waals surface area contributed by atoms with Crippen molar-refractivity contribution in [2.45, 2.75) is 6.92 Å². The molecule has 90 valence electrons. The number of nitrogen functional groups attached to an aromatic ring is 1. The van der Waals surface area contributed by atoms with Crippen molar-refractivity contribution in [2.24, 2.45) is 0 Å². The smallest absolute Gasteiger partial charge is 0.230 e. The minimum Gasteiger partial charge on any atom is -0.507 e. The molecule has 1 aromatic heterocycles. The number of rotatable bonds is 2. The fraction of sp³-hybridized carbons (Fsp3) is 0.182. The number of nitrogens with two attached hydrogens (primary N) is 1. The maximum Gasteiger partial charge on any atom is 0.230 e. The first-order chi connectivity index (χ1) is 8.06. The van der Waals surface area contributed by atoms with Crippen LogP contribution in [0.4, 0.5) is 5.88 Å². The van der Waals surface area contributed by atoms with E-state index in [0.717, 1.165) is 0 Å². The summed E-state index contributed by atoms with van der Waals surface area (Å²) < 4.78 is 9.85. The highest BCUT2D eigenvalue weighted by Gasteiger charge is 2.18. The Labute approximate surface area is 103 Å². The molecule has 0 spiro atoms. The molecule has 2 rings (SSSR count). The van der Waals surface area contributed by atoms with Gasteiger partial charge in [0.1, 0.15) is 11.5 Å². The lowest BCUT2D eigenvalue weighted by atomic mass is 10.0. The van der Waals surface area contributed by atoms with Gasteiger partial charge in [0, 0.05) is 11.1 Å². The van der Waals surface area contributed by atoms with Crippen molar-refractivity contribution < 1.29 is 14.4 Å². The van der Waals surface area contributed by atoms with E-state index in [-0.39, 0.29) is 11.6 Å². The van der Waals surface area contributed by atoms with Gasteiger partial charge in [-0.1, -0.05) is 16.8 Å². The molecule has 0 saturated carbocycles. The summed E-state index contributed by atoms with van der Waals surface area (Å²) in [5, 5.41) is 14.0. The van der Waals surface area contributed by atoms with Gasteiger partial charge in [0.25, 0.3) is 0 Å². The summed E-state index contributed by atoms with van der Waals surface area (Å²) in [6.45, 7) is 1.70. The van der Waals surface area contributed by atoms with Gasteiger partial charge in [-0.15, -0.1) is 0 Å². The van der Waals surface area contributed by atoms with E-state index in [0.29, 0.717) is 27.5 Å². The monoisotopic (exact) mass is 254 g/mol. The Balaban J connectivity index is 2.69. The molecule has 0 unspecified atom stereocenters. The first-order valence-corrected chi connectivity index (χ1v) is 5.20. The molecule has 0 bridgehead atoms. The zero-order valence-electron chi connectivity index (χ0n) is 9.32. The third-order valence-electron chi connectivity index (χ3n) is 2.53. The van der Waals surface area contributed by atoms with Gasteiger partial charge in [-0.3, -0.25) is 0 Å². The molecule has 1 heterocycles. The van der Waals surface area contributed by atoms with Crippen molar-refractivity contribution in [1.29, 1.82) is 0 Å². The summed E-state index contributed by atoms with van der Waals surface area (Å²) in [4.78, 5) is 0. The number of aromatic hydroxyl groups is 1. The summed E-state index contributed by atoms with van der Waals surface area (Å²) in [7, 11) is 1.49. The van der Waals surface area contributed by atoms with Gasteiger partial charge in [0.05, 0.1) is 23.9 Å². The summed E-state index contributed by atoms with van der Waals surface area (Å²) in [6.07, 6.45) is 1.42. The minimum atomic E-state index is 0.0427. The molecule has 6 heteroatoms. The normalized spacial score (nSPS) is 10.5. The molecule has 17 heavy (non-hydrogen) atoms. The molecule has 0 aliphatic heterocycles. The minimum absolute atomic E-state index is 0.0427. The van der Waals surface area contributed by atoms with Crippen molar-refractivity contribution >= 4 is 17.5 Å². The molecule has 0 amide bonds. The van der Waals surface area contributed by atoms with Gasteiger partial charge in [-0.2, -0.15) is 0 Å². The molecule has 0 radical (unpaired) electrons. The van der Waals surface area contributed by atoms with Crippen molar-refractivity contribution in [3.05, 3.63) is 22.8 Å². The fourth-order valence-electron chi connectivity index (χ4n) is 1.66. The lowest BCUT2D eigenvalue weighted by molar-refractivity contribution is 0.403. The second-order valence-corrected chi connectivity index (χ2v) is 3.92. The zero-order valence-corrected chi connectivity index (χ0v) is 10.1. The van der Waals surface area contributed by atoms with Crippen molar-refractivity contribution in [2.75, 3.05) is 12.8 Å². The van der Waals surface area contributed by atoms with Crippen LogP contribution in [0.1, 0.15) is 5.56 Å². The number of halogens is 1. The van der Waals surface area contributed by atoms with Gasteiger partial charge in [0.2, 0.25) is 5.88 Å². The maximum absolute atomic E-state index is 10.1. The maximum atomic E-state index is 10.1. The van der Waals surface area contributed by atoms with E-state index in [1.807, 2.05) is 0 Å². The number of hydrogen-bond acceptors (Lipinski definition) is 5. The van der Waals surface area contributed by atoms with Crippen LogP contribution < -0.4 is 10.5 Å². The summed E-state index contributed by atoms with van der Waals surface area (Å²) in [5.74, 6) is 0.602. The number of ether oxygens (including phenoxy) is 1. The van der Waals surface area contributed by atoms with E-state index in [1.54, 1.807) is 13.0 Å². The number of benzene rings is 1. The van der Waals surface area contributed by atoms with Crippen LogP contribution in [0.25, 0.3) is 11.1 Å². The van der Waals surface area contributed by atoms with Crippen LogP contribution in [0, 0.1) is 6.92 Å². The van der Waals surface area contributed by atoms with Crippen LogP contribution in [0.2, 0.25) is 5.02 Å². The number of nitrogens with zero attached hydrogens (tertiary/aromatic N) is 1. The summed E-state index contributed by atoms with van der Waals surface area (Å²) in [5.41, 5.74) is 7.10. The molecule has 5 nitrogen and oxygen atoms in total. The number of phenols is 1. The van der Waals surface area contributed by atoms with E-state index >= 15 is 0 Å². The second-order valence-electron chi connectivity index (χ2n) is 3.52. The van der Waals surface area contributed by atoms with Crippen LogP contribution in [0.15, 0.2) is 16.8 Å². The van der Waals surface area contributed by atoms with Crippen LogP contribution in [-0.4, -0.2) is 17.4 Å². The zero-order chi connectivity index (χ0) is 12.6. The van der Waals surface area contributed by atoms with Gasteiger partial charge < -0.3 is 20.1 Å². The molecular weight excluding hydrogens is 244 g/mol. The van der Waals surface area contributed by atoms with Gasteiger partial charge in [-0.25, -0.2) is 0 Å². The van der Waals surface area contributed by atoms with Crippen LogP contribution in [-0.2, 0) is 0 Å². The topological polar surface area (TPSA) is 81.5 Å². The molecule has 1 aromatic carbocycles. The van der Waals surface area contributed by atoms with E-state index < -0.39 is 0 Å². The highest BCUT2D eigenvalue weighted by molar-refractivity contribution is 6.32. The Morgan fingerprint density at radius 1 is 1.47 bits per heavy atom. The number of phenolic OH excluding ortho intramolecular Hbond substituents is 1. The van der Waals surface area contributed by atoms with Crippen LogP contribution in [0.5, 0.6) is 11.5 Å². The molecule has 0 saturated heterocycles. The highest BCUT2D eigenvalue weighted by atomic mass is 35.5. The van der Waals surface area contributed by atoms with E-state index in [4.69, 9.17) is 26.6 Å². The Morgan fingerprint density at radius 3 is 2.71 bits per heavy atom. The number of aromatic nitrogens is 1. The van der Waals surface area contributed by atoms with Crippen molar-refractivity contribution in [3.63, 3.8) is 0 Å². The van der Waals surface area contributed by atoms with Crippen LogP contribution in [0.3, 0.4) is 0 Å². The van der Waals surface area contributed by atoms with Gasteiger partial charge in [-0.05, 0) is 13.0 Å². The molecule has 3 N–H and O–H groups in total. The Morgan fingerprint density at radius 2 is 2.18 bits per heavy atom. The lowest BCUT2D eigenvalue weighted by Gasteiger charge is -2.12. The predicted molar refractivity (Wildman–Crippen MR) is 64.3 cm³/mol. The quantitative estimate of drug-likeness (QED) is 0.861. The molecule has 0 atom stereocenters. The van der Waals surface area contributed by atoms with E-state index in [9.17, 15) is 5.11 Å². The third kappa shape index (κ3) is 1.78. The number of hydrogen-bond donors (Lipinski definition) is 2. The fourth-order valence-corrected chi connectivity index (χ4v) is 1.98. The molecule has 0 aliphatic rings. The molecular formula is C11H11ClN2O3. The average Bonchev–Trinajstić information content (AvgIpc) is 2.71. The number of methoxy groups -OCH3 is 1. The summed E-state index contributed by atoms with van der Waals surface area (Å²) >= 11 is 6.05. The first kappa shape index (κ1) is 11.6. The van der Waals surface area contributed by atoms with Gasteiger partial charge >= 0.3 is 0 Å². The SMILES string of the molecule is COc1c(Cl)cc(-c2cnoc2N)c(O)c1C. The highest BCUT2D eigenvalue weighted by Crippen LogP contribution is 2.43. The van der Waals surface area contributed by atoms with Crippen LogP contribution >= 0.6 is 11.6 Å². The third-order valence-corrected chi connectivity index (χ3v) is 2.81. The number of anilines is 1.